The van der Waals surface area contributed by atoms with Gasteiger partial charge in [0.2, 0.25) is 0 Å². The highest BCUT2D eigenvalue weighted by molar-refractivity contribution is 6.31. The number of hydrogen-bond acceptors (Lipinski definition) is 5. The van der Waals surface area contributed by atoms with Gasteiger partial charge in [-0.25, -0.2) is 4.68 Å². The average molecular weight is 413 g/mol. The summed E-state index contributed by atoms with van der Waals surface area (Å²) in [4.78, 5) is 27.4. The Hall–Kier alpha value is -3.06. The molecule has 1 unspecified atom stereocenters. The summed E-state index contributed by atoms with van der Waals surface area (Å²) < 4.78 is 6.64. The van der Waals surface area contributed by atoms with Gasteiger partial charge in [-0.2, -0.15) is 5.10 Å². The van der Waals surface area contributed by atoms with Crippen molar-refractivity contribution in [3.8, 4) is 5.75 Å². The van der Waals surface area contributed by atoms with Gasteiger partial charge >= 0.3 is 0 Å². The third-order valence-electron chi connectivity index (χ3n) is 5.18. The maximum absolute atomic E-state index is 12.9. The van der Waals surface area contributed by atoms with E-state index in [1.54, 1.807) is 44.5 Å². The molecule has 1 saturated heterocycles. The summed E-state index contributed by atoms with van der Waals surface area (Å²) in [5.74, 6) is 0.453. The molecule has 4 rings (SSSR count). The molecular weight excluding hydrogens is 392 g/mol. The first-order chi connectivity index (χ1) is 14.0. The maximum atomic E-state index is 12.9. The van der Waals surface area contributed by atoms with Crippen LogP contribution in [-0.2, 0) is 7.05 Å². The van der Waals surface area contributed by atoms with Gasteiger partial charge in [0.1, 0.15) is 5.75 Å². The summed E-state index contributed by atoms with van der Waals surface area (Å²) in [5.41, 5.74) is 0.932. The number of fused-ring (bicyclic) bond motifs is 1. The first-order valence-electron chi connectivity index (χ1n) is 9.33. The molecule has 29 heavy (non-hydrogen) atoms. The van der Waals surface area contributed by atoms with Crippen molar-refractivity contribution in [2.75, 3.05) is 25.1 Å². The second-order valence-corrected chi connectivity index (χ2v) is 7.48. The van der Waals surface area contributed by atoms with Gasteiger partial charge in [0, 0.05) is 36.6 Å². The molecule has 0 radical (unpaired) electrons. The zero-order chi connectivity index (χ0) is 20.5. The predicted molar refractivity (Wildman–Crippen MR) is 113 cm³/mol. The first-order valence-corrected chi connectivity index (χ1v) is 9.71. The van der Waals surface area contributed by atoms with E-state index in [0.717, 1.165) is 24.4 Å². The van der Waals surface area contributed by atoms with Crippen molar-refractivity contribution in [2.24, 2.45) is 7.05 Å². The summed E-state index contributed by atoms with van der Waals surface area (Å²) in [6.07, 6.45) is 0.783. The van der Waals surface area contributed by atoms with E-state index < -0.39 is 0 Å². The third-order valence-corrected chi connectivity index (χ3v) is 5.41. The van der Waals surface area contributed by atoms with Gasteiger partial charge in [0.05, 0.1) is 18.2 Å². The van der Waals surface area contributed by atoms with E-state index >= 15 is 0 Å². The highest BCUT2D eigenvalue weighted by atomic mass is 35.5. The molecule has 8 heteroatoms. The molecule has 0 aliphatic carbocycles. The highest BCUT2D eigenvalue weighted by Gasteiger charge is 2.27. The maximum Gasteiger partial charge on any atom is 0.274 e. The Bertz CT molecular complexity index is 1140. The summed E-state index contributed by atoms with van der Waals surface area (Å²) in [7, 11) is 3.17. The van der Waals surface area contributed by atoms with Crippen LogP contribution in [0.5, 0.6) is 5.75 Å². The molecule has 1 amide bonds. The highest BCUT2D eigenvalue weighted by Crippen LogP contribution is 2.33. The van der Waals surface area contributed by atoms with Crippen molar-refractivity contribution in [1.82, 2.24) is 15.1 Å². The van der Waals surface area contributed by atoms with Crippen LogP contribution in [0.1, 0.15) is 16.9 Å². The van der Waals surface area contributed by atoms with Crippen LogP contribution in [0.15, 0.2) is 47.3 Å². The Morgan fingerprint density at radius 1 is 1.24 bits per heavy atom. The standard InChI is InChI=1S/C21H21ClN4O3/c1-25-21(28)16-6-4-3-5-15(16)19(24-25)20(27)23-14-9-10-26(12-14)17-11-13(22)7-8-18(17)29-2/h3-8,11,14H,9-10,12H2,1-2H3,(H,23,27). The van der Waals surface area contributed by atoms with E-state index in [1.807, 2.05) is 12.1 Å². The van der Waals surface area contributed by atoms with Gasteiger partial charge in [-0.05, 0) is 30.7 Å². The molecule has 1 aliphatic rings. The molecule has 1 fully saturated rings. The number of nitrogens with zero attached hydrogens (tertiary/aromatic N) is 3. The van der Waals surface area contributed by atoms with Crippen LogP contribution in [0.25, 0.3) is 10.8 Å². The number of carbonyl (C=O) groups is 1. The number of aryl methyl sites for hydroxylation is 1. The van der Waals surface area contributed by atoms with Crippen LogP contribution < -0.4 is 20.5 Å². The lowest BCUT2D eigenvalue weighted by Crippen LogP contribution is -2.38. The average Bonchev–Trinajstić information content (AvgIpc) is 3.19. The summed E-state index contributed by atoms with van der Waals surface area (Å²) >= 11 is 6.15. The molecular formula is C21H21ClN4O3. The largest absolute Gasteiger partial charge is 0.495 e. The number of carbonyl (C=O) groups excluding carboxylic acids is 1. The van der Waals surface area contributed by atoms with E-state index in [9.17, 15) is 9.59 Å². The number of anilines is 1. The van der Waals surface area contributed by atoms with Gasteiger partial charge in [-0.15, -0.1) is 0 Å². The lowest BCUT2D eigenvalue weighted by Gasteiger charge is -2.22. The summed E-state index contributed by atoms with van der Waals surface area (Å²) in [5, 5.41) is 8.92. The van der Waals surface area contributed by atoms with Crippen LogP contribution in [0.2, 0.25) is 5.02 Å². The summed E-state index contributed by atoms with van der Waals surface area (Å²) in [6, 6.07) is 12.5. The number of nitrogens with one attached hydrogen (secondary N) is 1. The Kier molecular flexibility index (Phi) is 5.15. The first kappa shape index (κ1) is 19.3. The minimum Gasteiger partial charge on any atom is -0.495 e. The lowest BCUT2D eigenvalue weighted by molar-refractivity contribution is 0.0935. The zero-order valence-electron chi connectivity index (χ0n) is 16.2. The second-order valence-electron chi connectivity index (χ2n) is 7.04. The van der Waals surface area contributed by atoms with Crippen LogP contribution in [-0.4, -0.2) is 41.9 Å². The van der Waals surface area contributed by atoms with Crippen molar-refractivity contribution >= 4 is 34.0 Å². The number of methoxy groups -OCH3 is 1. The van der Waals surface area contributed by atoms with E-state index in [0.29, 0.717) is 22.3 Å². The fourth-order valence-corrected chi connectivity index (χ4v) is 3.89. The number of rotatable bonds is 4. The van der Waals surface area contributed by atoms with E-state index in [4.69, 9.17) is 16.3 Å². The Labute approximate surface area is 172 Å². The predicted octanol–water partition coefficient (Wildman–Crippen LogP) is 2.60. The monoisotopic (exact) mass is 412 g/mol. The minimum absolute atomic E-state index is 0.0519. The second kappa shape index (κ2) is 7.75. The molecule has 7 nitrogen and oxygen atoms in total. The molecule has 0 spiro atoms. The molecule has 0 saturated carbocycles. The van der Waals surface area contributed by atoms with Crippen molar-refractivity contribution in [2.45, 2.75) is 12.5 Å². The topological polar surface area (TPSA) is 76.5 Å². The number of halogens is 1. The molecule has 2 aromatic carbocycles. The van der Waals surface area contributed by atoms with Crippen molar-refractivity contribution in [1.29, 1.82) is 0 Å². The zero-order valence-corrected chi connectivity index (χ0v) is 16.9. The molecule has 1 aliphatic heterocycles. The van der Waals surface area contributed by atoms with Crippen LogP contribution in [0.3, 0.4) is 0 Å². The fourth-order valence-electron chi connectivity index (χ4n) is 3.73. The number of hydrogen-bond donors (Lipinski definition) is 1. The molecule has 1 aromatic heterocycles. The molecule has 150 valence electrons. The van der Waals surface area contributed by atoms with E-state index in [2.05, 4.69) is 15.3 Å². The quantitative estimate of drug-likeness (QED) is 0.712. The van der Waals surface area contributed by atoms with Crippen LogP contribution in [0.4, 0.5) is 5.69 Å². The molecule has 3 aromatic rings. The van der Waals surface area contributed by atoms with Gasteiger partial charge in [0.15, 0.2) is 5.69 Å². The number of benzene rings is 2. The molecule has 1 N–H and O–H groups in total. The lowest BCUT2D eigenvalue weighted by atomic mass is 10.1. The van der Waals surface area contributed by atoms with Gasteiger partial charge in [-0.1, -0.05) is 29.8 Å². The number of ether oxygens (including phenoxy) is 1. The van der Waals surface area contributed by atoms with Crippen molar-refractivity contribution in [3.05, 3.63) is 63.5 Å². The SMILES string of the molecule is COc1ccc(Cl)cc1N1CCC(NC(=O)c2nn(C)c(=O)c3ccccc23)C1. The molecule has 0 bridgehead atoms. The van der Waals surface area contributed by atoms with Gasteiger partial charge in [-0.3, -0.25) is 9.59 Å². The minimum atomic E-state index is -0.290. The Balaban J connectivity index is 1.55. The van der Waals surface area contributed by atoms with Crippen LogP contribution in [0, 0.1) is 0 Å². The number of amides is 1. The third kappa shape index (κ3) is 3.65. The Morgan fingerprint density at radius 2 is 2.00 bits per heavy atom. The molecule has 2 heterocycles. The molecule has 1 atom stereocenters. The van der Waals surface area contributed by atoms with Crippen LogP contribution >= 0.6 is 11.6 Å². The smallest absolute Gasteiger partial charge is 0.274 e. The van der Waals surface area contributed by atoms with E-state index in [-0.39, 0.29) is 23.2 Å². The van der Waals surface area contributed by atoms with Gasteiger partial charge < -0.3 is 15.0 Å². The van der Waals surface area contributed by atoms with Crippen molar-refractivity contribution < 1.29 is 9.53 Å². The Morgan fingerprint density at radius 3 is 2.76 bits per heavy atom. The van der Waals surface area contributed by atoms with Crippen molar-refractivity contribution in [3.63, 3.8) is 0 Å². The van der Waals surface area contributed by atoms with E-state index in [1.165, 1.54) is 4.68 Å². The fraction of sp³-hybridized carbons (Fsp3) is 0.286. The number of aromatic nitrogens is 2. The van der Waals surface area contributed by atoms with Gasteiger partial charge in [0.25, 0.3) is 11.5 Å². The normalized spacial score (nSPS) is 16.2. The summed E-state index contributed by atoms with van der Waals surface area (Å²) in [6.45, 7) is 1.40.